The van der Waals surface area contributed by atoms with Crippen molar-refractivity contribution in [2.75, 3.05) is 14.2 Å². The molecule has 86 valence electrons. The van der Waals surface area contributed by atoms with Gasteiger partial charge in [-0.2, -0.15) is 0 Å². The molecule has 0 aliphatic heterocycles. The van der Waals surface area contributed by atoms with E-state index in [4.69, 9.17) is 9.47 Å². The maximum Gasteiger partial charge on any atom is 0.244 e. The van der Waals surface area contributed by atoms with Crippen LogP contribution in [0.2, 0.25) is 0 Å². The first-order valence-electron chi connectivity index (χ1n) is 5.25. The smallest absolute Gasteiger partial charge is 0.244 e. The molecule has 0 saturated carbocycles. The van der Waals surface area contributed by atoms with Crippen LogP contribution in [0, 0.1) is 0 Å². The van der Waals surface area contributed by atoms with Gasteiger partial charge >= 0.3 is 0 Å². The Morgan fingerprint density at radius 2 is 1.94 bits per heavy atom. The number of ether oxygens (including phenoxy) is 2. The second kappa shape index (κ2) is 4.63. The molecule has 0 spiro atoms. The molecule has 0 unspecified atom stereocenters. The summed E-state index contributed by atoms with van der Waals surface area (Å²) in [4.78, 5) is 0. The van der Waals surface area contributed by atoms with Gasteiger partial charge in [0, 0.05) is 14.2 Å². The van der Waals surface area contributed by atoms with Crippen LogP contribution in [0.4, 0.5) is 0 Å². The summed E-state index contributed by atoms with van der Waals surface area (Å²) in [7, 11) is 5.34. The number of benzene rings is 1. The summed E-state index contributed by atoms with van der Waals surface area (Å²) in [6, 6.07) is 8.27. The fourth-order valence-corrected chi connectivity index (χ4v) is 1.89. The van der Waals surface area contributed by atoms with Gasteiger partial charge in [-0.15, -0.1) is 0 Å². The van der Waals surface area contributed by atoms with Crippen molar-refractivity contribution in [2.24, 2.45) is 7.05 Å². The van der Waals surface area contributed by atoms with Crippen LogP contribution in [0.1, 0.15) is 0 Å². The number of fused-ring (bicyclic) bond motifs is 1. The normalized spacial score (nSPS) is 11.5. The van der Waals surface area contributed by atoms with Crippen LogP contribution < -0.4 is 4.57 Å². The number of aryl methyl sites for hydroxylation is 1. The molecular formula is C12H17N2O2+. The zero-order chi connectivity index (χ0) is 11.5. The number of para-hydroxylation sites is 2. The molecule has 2 rings (SSSR count). The minimum atomic E-state index is -0.212. The molecule has 0 saturated heterocycles. The van der Waals surface area contributed by atoms with E-state index < -0.39 is 0 Å². The molecule has 0 fully saturated rings. The van der Waals surface area contributed by atoms with Gasteiger partial charge in [0.15, 0.2) is 17.3 Å². The second-order valence-corrected chi connectivity index (χ2v) is 3.77. The molecule has 2 aromatic rings. The highest BCUT2D eigenvalue weighted by atomic mass is 16.7. The predicted octanol–water partition coefficient (Wildman–Crippen LogP) is 1.08. The van der Waals surface area contributed by atoms with E-state index in [1.807, 2.05) is 19.2 Å². The van der Waals surface area contributed by atoms with Crippen molar-refractivity contribution < 1.29 is 14.0 Å². The minimum Gasteiger partial charge on any atom is -0.352 e. The van der Waals surface area contributed by atoms with E-state index in [0.29, 0.717) is 6.54 Å². The fourth-order valence-electron chi connectivity index (χ4n) is 1.89. The van der Waals surface area contributed by atoms with E-state index >= 15 is 0 Å². The predicted molar refractivity (Wildman–Crippen MR) is 60.9 cm³/mol. The van der Waals surface area contributed by atoms with E-state index in [9.17, 15) is 0 Å². The van der Waals surface area contributed by atoms with Gasteiger partial charge in [0.1, 0.15) is 6.54 Å². The highest BCUT2D eigenvalue weighted by Gasteiger charge is 2.16. The number of imidazole rings is 1. The van der Waals surface area contributed by atoms with Crippen molar-refractivity contribution in [3.05, 3.63) is 30.6 Å². The van der Waals surface area contributed by atoms with Crippen LogP contribution >= 0.6 is 0 Å². The maximum absolute atomic E-state index is 5.21. The number of rotatable bonds is 4. The van der Waals surface area contributed by atoms with Crippen molar-refractivity contribution in [1.29, 1.82) is 0 Å². The molecule has 1 heterocycles. The molecule has 1 aromatic heterocycles. The average molecular weight is 221 g/mol. The number of nitrogens with zero attached hydrogens (tertiary/aromatic N) is 2. The number of methoxy groups -OCH3 is 2. The van der Waals surface area contributed by atoms with Gasteiger partial charge in [-0.3, -0.25) is 0 Å². The van der Waals surface area contributed by atoms with Crippen molar-refractivity contribution in [1.82, 2.24) is 4.57 Å². The summed E-state index contributed by atoms with van der Waals surface area (Å²) < 4.78 is 14.6. The third-order valence-corrected chi connectivity index (χ3v) is 2.76. The molecule has 0 aliphatic rings. The zero-order valence-corrected chi connectivity index (χ0v) is 9.88. The topological polar surface area (TPSA) is 27.3 Å². The van der Waals surface area contributed by atoms with Crippen molar-refractivity contribution >= 4 is 11.0 Å². The summed E-state index contributed by atoms with van der Waals surface area (Å²) in [6.07, 6.45) is 1.84. The van der Waals surface area contributed by atoms with Gasteiger partial charge in [0.05, 0.1) is 7.05 Å². The highest BCUT2D eigenvalue weighted by Crippen LogP contribution is 2.09. The molecule has 0 amide bonds. The Kier molecular flexibility index (Phi) is 3.22. The monoisotopic (exact) mass is 221 g/mol. The molecule has 4 heteroatoms. The molecule has 4 nitrogen and oxygen atoms in total. The molecule has 0 atom stereocenters. The minimum absolute atomic E-state index is 0.212. The first-order chi connectivity index (χ1) is 7.76. The van der Waals surface area contributed by atoms with Crippen LogP contribution in [0.5, 0.6) is 0 Å². The Hall–Kier alpha value is -1.39. The summed E-state index contributed by atoms with van der Waals surface area (Å²) in [5.74, 6) is 0. The molecule has 0 bridgehead atoms. The number of aromatic nitrogens is 2. The fraction of sp³-hybridized carbons (Fsp3) is 0.417. The Morgan fingerprint density at radius 1 is 1.25 bits per heavy atom. The zero-order valence-electron chi connectivity index (χ0n) is 9.88. The summed E-state index contributed by atoms with van der Waals surface area (Å²) in [6.45, 7) is 0.689. The Labute approximate surface area is 95.0 Å². The largest absolute Gasteiger partial charge is 0.352 e. The van der Waals surface area contributed by atoms with Gasteiger partial charge < -0.3 is 9.47 Å². The van der Waals surface area contributed by atoms with Crippen LogP contribution in [0.25, 0.3) is 11.0 Å². The standard InChI is InChI=1S/C12H17N2O2/c1-13-9-14(8-12(15-2)16-3)11-7-5-4-6-10(11)13/h4-7,9,12H,8H2,1-3H3/q+1. The third-order valence-electron chi connectivity index (χ3n) is 2.76. The summed E-state index contributed by atoms with van der Waals surface area (Å²) >= 11 is 0. The average Bonchev–Trinajstić information content (AvgIpc) is 2.64. The quantitative estimate of drug-likeness (QED) is 0.571. The second-order valence-electron chi connectivity index (χ2n) is 3.77. The van der Waals surface area contributed by atoms with Crippen molar-refractivity contribution in [3.8, 4) is 0 Å². The van der Waals surface area contributed by atoms with Gasteiger partial charge in [-0.1, -0.05) is 12.1 Å². The van der Waals surface area contributed by atoms with Crippen molar-refractivity contribution in [2.45, 2.75) is 12.8 Å². The SMILES string of the molecule is COC(C[n+]1cn(C)c2ccccc21)OC. The molecule has 0 N–H and O–H groups in total. The van der Waals surface area contributed by atoms with Gasteiger partial charge in [0.2, 0.25) is 6.33 Å². The van der Waals surface area contributed by atoms with Crippen LogP contribution in [-0.4, -0.2) is 25.1 Å². The number of hydrogen-bond acceptors (Lipinski definition) is 2. The van der Waals surface area contributed by atoms with E-state index in [-0.39, 0.29) is 6.29 Å². The molecule has 0 aliphatic carbocycles. The van der Waals surface area contributed by atoms with Gasteiger partial charge in [-0.05, 0) is 12.1 Å². The number of hydrogen-bond donors (Lipinski definition) is 0. The van der Waals surface area contributed by atoms with E-state index in [0.717, 1.165) is 0 Å². The highest BCUT2D eigenvalue weighted by molar-refractivity contribution is 5.71. The maximum atomic E-state index is 5.21. The lowest BCUT2D eigenvalue weighted by atomic mass is 10.3. The Balaban J connectivity index is 2.37. The van der Waals surface area contributed by atoms with Crippen LogP contribution in [-0.2, 0) is 23.1 Å². The first kappa shape index (κ1) is 11.1. The van der Waals surface area contributed by atoms with E-state index in [1.54, 1.807) is 14.2 Å². The Bertz CT molecular complexity index is 475. The molecular weight excluding hydrogens is 204 g/mol. The third kappa shape index (κ3) is 1.94. The summed E-state index contributed by atoms with van der Waals surface area (Å²) in [5, 5.41) is 0. The lowest BCUT2D eigenvalue weighted by Gasteiger charge is -2.10. The molecule has 0 radical (unpaired) electrons. The van der Waals surface area contributed by atoms with Crippen molar-refractivity contribution in [3.63, 3.8) is 0 Å². The van der Waals surface area contributed by atoms with E-state index in [1.165, 1.54) is 11.0 Å². The van der Waals surface area contributed by atoms with Gasteiger partial charge in [-0.25, -0.2) is 9.13 Å². The lowest BCUT2D eigenvalue weighted by Crippen LogP contribution is -2.40. The van der Waals surface area contributed by atoms with Crippen LogP contribution in [0.3, 0.4) is 0 Å². The van der Waals surface area contributed by atoms with Crippen LogP contribution in [0.15, 0.2) is 30.6 Å². The molecule has 16 heavy (non-hydrogen) atoms. The summed E-state index contributed by atoms with van der Waals surface area (Å²) in [5.41, 5.74) is 2.39. The molecule has 1 aromatic carbocycles. The lowest BCUT2D eigenvalue weighted by molar-refractivity contribution is -0.686. The Morgan fingerprint density at radius 3 is 2.62 bits per heavy atom. The van der Waals surface area contributed by atoms with E-state index in [2.05, 4.69) is 27.6 Å². The first-order valence-corrected chi connectivity index (χ1v) is 5.25. The van der Waals surface area contributed by atoms with Gasteiger partial charge in [0.25, 0.3) is 0 Å².